The van der Waals surface area contributed by atoms with Crippen molar-refractivity contribution in [3.05, 3.63) is 58.7 Å². The monoisotopic (exact) mass is 228 g/mol. The summed E-state index contributed by atoms with van der Waals surface area (Å²) in [5.74, 6) is 0. The number of aryl methyl sites for hydroxylation is 3. The van der Waals surface area contributed by atoms with Gasteiger partial charge >= 0.3 is 0 Å². The summed E-state index contributed by atoms with van der Waals surface area (Å²) in [6.07, 6.45) is 2.76. The van der Waals surface area contributed by atoms with E-state index in [0.717, 1.165) is 22.4 Å². The molecule has 0 aliphatic heterocycles. The van der Waals surface area contributed by atoms with Crippen molar-refractivity contribution in [2.75, 3.05) is 0 Å². The van der Waals surface area contributed by atoms with Crippen molar-refractivity contribution in [2.45, 2.75) is 26.9 Å². The molecule has 0 amide bonds. The van der Waals surface area contributed by atoms with Gasteiger partial charge in [0.25, 0.3) is 0 Å². The molecule has 1 N–H and O–H groups in total. The van der Waals surface area contributed by atoms with Crippen LogP contribution in [0.1, 0.15) is 34.2 Å². The molecule has 0 aliphatic carbocycles. The van der Waals surface area contributed by atoms with Crippen molar-refractivity contribution in [3.63, 3.8) is 0 Å². The van der Waals surface area contributed by atoms with E-state index in [1.807, 2.05) is 39.0 Å². The first-order chi connectivity index (χ1) is 8.08. The molecule has 1 unspecified atom stereocenters. The van der Waals surface area contributed by atoms with E-state index in [0.29, 0.717) is 5.69 Å². The van der Waals surface area contributed by atoms with Crippen LogP contribution in [0.3, 0.4) is 0 Å². The molecule has 0 fully saturated rings. The van der Waals surface area contributed by atoms with E-state index < -0.39 is 6.10 Å². The fourth-order valence-electron chi connectivity index (χ4n) is 1.81. The third-order valence-corrected chi connectivity index (χ3v) is 2.76. The Morgan fingerprint density at radius 2 is 1.82 bits per heavy atom. The predicted molar refractivity (Wildman–Crippen MR) is 66.7 cm³/mol. The van der Waals surface area contributed by atoms with Gasteiger partial charge in [0, 0.05) is 23.7 Å². The highest BCUT2D eigenvalue weighted by Crippen LogP contribution is 2.22. The standard InChI is InChI=1S/C14H16N2O/c1-9-6-10(2)13(16-7-9)14(17)12-5-4-11(3)15-8-12/h4-8,14,17H,1-3H3. The minimum absolute atomic E-state index is 0.696. The summed E-state index contributed by atoms with van der Waals surface area (Å²) in [5, 5.41) is 10.3. The Hall–Kier alpha value is -1.74. The van der Waals surface area contributed by atoms with Gasteiger partial charge in [-0.2, -0.15) is 0 Å². The van der Waals surface area contributed by atoms with Gasteiger partial charge in [0.1, 0.15) is 6.10 Å². The Balaban J connectivity index is 2.36. The number of pyridine rings is 2. The van der Waals surface area contributed by atoms with Gasteiger partial charge in [-0.3, -0.25) is 9.97 Å². The Labute approximate surface area is 101 Å². The summed E-state index contributed by atoms with van der Waals surface area (Å²) < 4.78 is 0. The molecule has 0 aromatic carbocycles. The van der Waals surface area contributed by atoms with Gasteiger partial charge in [0.15, 0.2) is 0 Å². The quantitative estimate of drug-likeness (QED) is 0.859. The molecular weight excluding hydrogens is 212 g/mol. The van der Waals surface area contributed by atoms with E-state index in [9.17, 15) is 5.11 Å². The minimum atomic E-state index is -0.705. The summed E-state index contributed by atoms with van der Waals surface area (Å²) in [7, 11) is 0. The van der Waals surface area contributed by atoms with Crippen LogP contribution < -0.4 is 0 Å². The van der Waals surface area contributed by atoms with Crippen LogP contribution in [0.4, 0.5) is 0 Å². The molecule has 0 saturated carbocycles. The Bertz CT molecular complexity index is 520. The molecule has 2 rings (SSSR count). The maximum Gasteiger partial charge on any atom is 0.123 e. The number of aliphatic hydroxyl groups is 1. The van der Waals surface area contributed by atoms with Gasteiger partial charge in [-0.1, -0.05) is 12.1 Å². The van der Waals surface area contributed by atoms with Crippen LogP contribution in [0, 0.1) is 20.8 Å². The highest BCUT2D eigenvalue weighted by molar-refractivity contribution is 5.31. The molecule has 0 radical (unpaired) electrons. The molecule has 3 heteroatoms. The Morgan fingerprint density at radius 1 is 1.06 bits per heavy atom. The van der Waals surface area contributed by atoms with E-state index in [1.54, 1.807) is 12.4 Å². The number of aromatic nitrogens is 2. The summed E-state index contributed by atoms with van der Waals surface area (Å²) >= 11 is 0. The van der Waals surface area contributed by atoms with Gasteiger partial charge in [0.2, 0.25) is 0 Å². The Morgan fingerprint density at radius 3 is 2.41 bits per heavy atom. The molecule has 0 spiro atoms. The lowest BCUT2D eigenvalue weighted by Gasteiger charge is -2.13. The lowest BCUT2D eigenvalue weighted by molar-refractivity contribution is 0.214. The molecule has 3 nitrogen and oxygen atoms in total. The minimum Gasteiger partial charge on any atom is -0.382 e. The Kier molecular flexibility index (Phi) is 3.20. The first-order valence-corrected chi connectivity index (χ1v) is 5.61. The third-order valence-electron chi connectivity index (χ3n) is 2.76. The topological polar surface area (TPSA) is 46.0 Å². The van der Waals surface area contributed by atoms with Crippen LogP contribution in [-0.4, -0.2) is 15.1 Å². The van der Waals surface area contributed by atoms with Crippen molar-refractivity contribution < 1.29 is 5.11 Å². The zero-order valence-electron chi connectivity index (χ0n) is 10.3. The van der Waals surface area contributed by atoms with Crippen molar-refractivity contribution in [1.29, 1.82) is 0 Å². The molecule has 88 valence electrons. The zero-order valence-corrected chi connectivity index (χ0v) is 10.3. The summed E-state index contributed by atoms with van der Waals surface area (Å²) in [5.41, 5.74) is 4.50. The molecule has 17 heavy (non-hydrogen) atoms. The SMILES string of the molecule is Cc1cnc(C(O)c2ccc(C)nc2)c(C)c1. The summed E-state index contributed by atoms with van der Waals surface area (Å²) in [6, 6.07) is 5.79. The number of nitrogens with zero attached hydrogens (tertiary/aromatic N) is 2. The highest BCUT2D eigenvalue weighted by atomic mass is 16.3. The molecule has 0 bridgehead atoms. The largest absolute Gasteiger partial charge is 0.382 e. The fourth-order valence-corrected chi connectivity index (χ4v) is 1.81. The molecule has 2 aromatic heterocycles. The summed E-state index contributed by atoms with van der Waals surface area (Å²) in [4.78, 5) is 8.48. The van der Waals surface area contributed by atoms with E-state index in [4.69, 9.17) is 0 Å². The molecule has 2 aromatic rings. The summed E-state index contributed by atoms with van der Waals surface area (Å²) in [6.45, 7) is 5.87. The lowest BCUT2D eigenvalue weighted by Crippen LogP contribution is -2.05. The average Bonchev–Trinajstić information content (AvgIpc) is 2.29. The normalized spacial score (nSPS) is 12.5. The van der Waals surface area contributed by atoms with Gasteiger partial charge in [0.05, 0.1) is 5.69 Å². The smallest absolute Gasteiger partial charge is 0.123 e. The molecule has 2 heterocycles. The second-order valence-corrected chi connectivity index (χ2v) is 4.35. The van der Waals surface area contributed by atoms with Crippen LogP contribution in [-0.2, 0) is 0 Å². The molecule has 0 saturated heterocycles. The van der Waals surface area contributed by atoms with E-state index >= 15 is 0 Å². The van der Waals surface area contributed by atoms with Crippen molar-refractivity contribution >= 4 is 0 Å². The van der Waals surface area contributed by atoms with E-state index in [-0.39, 0.29) is 0 Å². The zero-order chi connectivity index (χ0) is 12.4. The van der Waals surface area contributed by atoms with Crippen LogP contribution in [0.15, 0.2) is 30.6 Å². The second-order valence-electron chi connectivity index (χ2n) is 4.35. The van der Waals surface area contributed by atoms with Gasteiger partial charge < -0.3 is 5.11 Å². The van der Waals surface area contributed by atoms with Crippen molar-refractivity contribution in [2.24, 2.45) is 0 Å². The lowest BCUT2D eigenvalue weighted by atomic mass is 10.0. The number of rotatable bonds is 2. The number of aliphatic hydroxyl groups excluding tert-OH is 1. The highest BCUT2D eigenvalue weighted by Gasteiger charge is 2.14. The fraction of sp³-hybridized carbons (Fsp3) is 0.286. The van der Waals surface area contributed by atoms with Gasteiger partial charge in [-0.25, -0.2) is 0 Å². The third kappa shape index (κ3) is 2.50. The molecule has 0 aliphatic rings. The van der Waals surface area contributed by atoms with Crippen molar-refractivity contribution in [1.82, 2.24) is 9.97 Å². The molecular formula is C14H16N2O. The second kappa shape index (κ2) is 4.63. The van der Waals surface area contributed by atoms with Gasteiger partial charge in [-0.05, 0) is 38.0 Å². The van der Waals surface area contributed by atoms with Crippen LogP contribution in [0.5, 0.6) is 0 Å². The van der Waals surface area contributed by atoms with Gasteiger partial charge in [-0.15, -0.1) is 0 Å². The van der Waals surface area contributed by atoms with E-state index in [1.165, 1.54) is 0 Å². The van der Waals surface area contributed by atoms with Crippen LogP contribution >= 0.6 is 0 Å². The predicted octanol–water partition coefficient (Wildman–Crippen LogP) is 2.48. The average molecular weight is 228 g/mol. The first-order valence-electron chi connectivity index (χ1n) is 5.61. The number of hydrogen-bond donors (Lipinski definition) is 1. The van der Waals surface area contributed by atoms with Crippen molar-refractivity contribution in [3.8, 4) is 0 Å². The first kappa shape index (κ1) is 11.7. The van der Waals surface area contributed by atoms with E-state index in [2.05, 4.69) is 9.97 Å². The van der Waals surface area contributed by atoms with Crippen LogP contribution in [0.2, 0.25) is 0 Å². The maximum atomic E-state index is 10.3. The molecule has 1 atom stereocenters. The number of hydrogen-bond acceptors (Lipinski definition) is 3. The van der Waals surface area contributed by atoms with Crippen LogP contribution in [0.25, 0.3) is 0 Å². The maximum absolute atomic E-state index is 10.3.